The zero-order chi connectivity index (χ0) is 16.5. The summed E-state index contributed by atoms with van der Waals surface area (Å²) in [7, 11) is -3.49. The van der Waals surface area contributed by atoms with Crippen LogP contribution >= 0.6 is 11.6 Å². The largest absolute Gasteiger partial charge is 0.245 e. The minimum absolute atomic E-state index is 0.245. The lowest BCUT2D eigenvalue weighted by atomic mass is 10.1. The third-order valence-corrected chi connectivity index (χ3v) is 4.67. The maximum atomic E-state index is 11.9. The summed E-state index contributed by atoms with van der Waals surface area (Å²) >= 11 is 5.82. The first-order valence-corrected chi connectivity index (χ1v) is 9.16. The lowest BCUT2D eigenvalue weighted by Crippen LogP contribution is -1.95. The molecule has 118 valence electrons. The van der Waals surface area contributed by atoms with Crippen LogP contribution in [-0.2, 0) is 9.84 Å². The summed E-state index contributed by atoms with van der Waals surface area (Å²) in [6, 6.07) is 15.9. The van der Waals surface area contributed by atoms with E-state index < -0.39 is 9.84 Å². The summed E-state index contributed by atoms with van der Waals surface area (Å²) in [6.07, 6.45) is 6.29. The van der Waals surface area contributed by atoms with Crippen LogP contribution in [0.4, 0.5) is 0 Å². The van der Waals surface area contributed by atoms with Gasteiger partial charge in [0.05, 0.1) is 4.90 Å². The number of rotatable bonds is 5. The lowest BCUT2D eigenvalue weighted by Gasteiger charge is -1.95. The molecule has 0 N–H and O–H groups in total. The molecule has 0 saturated heterocycles. The normalized spacial score (nSPS) is 11.2. The van der Waals surface area contributed by atoms with Gasteiger partial charge in [-0.25, -0.2) is 8.42 Å². The molecule has 23 heavy (non-hydrogen) atoms. The number of allylic oxidation sites excluding steroid dienone is 1. The van der Waals surface area contributed by atoms with Gasteiger partial charge >= 0.3 is 0 Å². The Bertz CT molecular complexity index is 811. The van der Waals surface area contributed by atoms with Gasteiger partial charge in [-0.1, -0.05) is 60.0 Å². The lowest BCUT2D eigenvalue weighted by molar-refractivity contribution is 0.606. The minimum Gasteiger partial charge on any atom is -0.210 e. The fraction of sp³-hybridized carbons (Fsp3) is 0.158. The summed E-state index contributed by atoms with van der Waals surface area (Å²) in [4.78, 5) is 0.245. The number of halogens is 1. The molecule has 0 aliphatic heterocycles. The molecule has 4 heteroatoms. The van der Waals surface area contributed by atoms with Crippen LogP contribution in [-0.4, -0.2) is 8.42 Å². The van der Waals surface area contributed by atoms with Crippen LogP contribution in [0, 0.1) is 11.2 Å². The van der Waals surface area contributed by atoms with Crippen molar-refractivity contribution < 1.29 is 8.42 Å². The Kier molecular flexibility index (Phi) is 6.46. The average Bonchev–Trinajstić information content (AvgIpc) is 2.56. The second-order valence-electron chi connectivity index (χ2n) is 4.94. The Balaban J connectivity index is 1.79. The molecule has 0 heterocycles. The summed E-state index contributed by atoms with van der Waals surface area (Å²) in [6.45, 7) is 0. The van der Waals surface area contributed by atoms with Crippen molar-refractivity contribution in [3.8, 4) is 11.2 Å². The number of unbranched alkanes of at least 4 members (excludes halogenated alkanes) is 2. The van der Waals surface area contributed by atoms with Gasteiger partial charge in [-0.15, -0.1) is 0 Å². The van der Waals surface area contributed by atoms with Gasteiger partial charge in [0.1, 0.15) is 0 Å². The Morgan fingerprint density at radius 1 is 1.00 bits per heavy atom. The Labute approximate surface area is 142 Å². The van der Waals surface area contributed by atoms with E-state index in [4.69, 9.17) is 11.6 Å². The van der Waals surface area contributed by atoms with Crippen LogP contribution in [0.15, 0.2) is 65.6 Å². The first kappa shape index (κ1) is 17.3. The number of sulfone groups is 1. The molecule has 2 rings (SSSR count). The second kappa shape index (κ2) is 8.57. The number of benzene rings is 2. The Morgan fingerprint density at radius 3 is 2.39 bits per heavy atom. The molecule has 0 aliphatic rings. The molecule has 2 aromatic carbocycles. The molecule has 0 bridgehead atoms. The molecular formula is C19H17ClO2S. The Morgan fingerprint density at radius 2 is 1.70 bits per heavy atom. The fourth-order valence-electron chi connectivity index (χ4n) is 1.91. The molecule has 2 nitrogen and oxygen atoms in total. The van der Waals surface area contributed by atoms with E-state index in [0.717, 1.165) is 23.4 Å². The van der Waals surface area contributed by atoms with E-state index >= 15 is 0 Å². The third kappa shape index (κ3) is 5.94. The van der Waals surface area contributed by atoms with E-state index in [2.05, 4.69) is 17.2 Å². The predicted molar refractivity (Wildman–Crippen MR) is 95.7 cm³/mol. The van der Waals surface area contributed by atoms with Crippen molar-refractivity contribution in [2.75, 3.05) is 0 Å². The smallest absolute Gasteiger partial charge is 0.210 e. The van der Waals surface area contributed by atoms with Gasteiger partial charge in [-0.3, -0.25) is 0 Å². The van der Waals surface area contributed by atoms with Crippen molar-refractivity contribution in [2.45, 2.75) is 24.2 Å². The highest BCUT2D eigenvalue weighted by molar-refractivity contribution is 7.96. The molecule has 0 aromatic heterocycles. The topological polar surface area (TPSA) is 34.1 Å². The first-order valence-electron chi connectivity index (χ1n) is 7.30. The highest BCUT2D eigenvalue weighted by Gasteiger charge is 2.08. The van der Waals surface area contributed by atoms with Crippen LogP contribution in [0.1, 0.15) is 24.8 Å². The van der Waals surface area contributed by atoms with Crippen molar-refractivity contribution >= 4 is 27.5 Å². The maximum absolute atomic E-state index is 11.9. The standard InChI is InChI=1S/C19H17ClO2S/c20-18-14-12-17(13-15-18)9-5-2-1-3-8-16-23(21,22)19-10-6-4-7-11-19/h4-7,9-15H,1-3H2. The third-order valence-electron chi connectivity index (χ3n) is 3.11. The minimum atomic E-state index is -3.49. The second-order valence-corrected chi connectivity index (χ2v) is 7.06. The molecule has 2 aromatic rings. The van der Waals surface area contributed by atoms with Crippen molar-refractivity contribution in [1.29, 1.82) is 0 Å². The van der Waals surface area contributed by atoms with Gasteiger partial charge in [0, 0.05) is 16.7 Å². The van der Waals surface area contributed by atoms with E-state index in [-0.39, 0.29) is 4.90 Å². The van der Waals surface area contributed by atoms with Gasteiger partial charge in [0.25, 0.3) is 0 Å². The molecule has 0 fully saturated rings. The van der Waals surface area contributed by atoms with E-state index in [1.165, 1.54) is 0 Å². The summed E-state index contributed by atoms with van der Waals surface area (Å²) in [5.41, 5.74) is 1.09. The van der Waals surface area contributed by atoms with Crippen molar-refractivity contribution in [3.05, 3.63) is 71.3 Å². The van der Waals surface area contributed by atoms with Crippen LogP contribution in [0.3, 0.4) is 0 Å². The SMILES string of the molecule is O=S(=O)(C#CCCCC=Cc1ccc(Cl)cc1)c1ccccc1. The molecule has 0 unspecified atom stereocenters. The predicted octanol–water partition coefficient (Wildman–Crippen LogP) is 4.96. The summed E-state index contributed by atoms with van der Waals surface area (Å²) in [5.74, 6) is 2.74. The fourth-order valence-corrected chi connectivity index (χ4v) is 2.96. The van der Waals surface area contributed by atoms with Crippen molar-refractivity contribution in [2.24, 2.45) is 0 Å². The van der Waals surface area contributed by atoms with E-state index in [1.54, 1.807) is 30.3 Å². The zero-order valence-electron chi connectivity index (χ0n) is 12.6. The molecule has 0 radical (unpaired) electrons. The first-order chi connectivity index (χ1) is 11.1. The number of hydrogen-bond donors (Lipinski definition) is 0. The zero-order valence-corrected chi connectivity index (χ0v) is 14.1. The van der Waals surface area contributed by atoms with Crippen LogP contribution in [0.5, 0.6) is 0 Å². The summed E-state index contributed by atoms with van der Waals surface area (Å²) < 4.78 is 23.9. The van der Waals surface area contributed by atoms with Gasteiger partial charge < -0.3 is 0 Å². The van der Waals surface area contributed by atoms with E-state index in [0.29, 0.717) is 6.42 Å². The summed E-state index contributed by atoms with van der Waals surface area (Å²) in [5, 5.41) is 3.09. The van der Waals surface area contributed by atoms with Gasteiger partial charge in [-0.05, 0) is 42.7 Å². The van der Waals surface area contributed by atoms with Gasteiger partial charge in [0.15, 0.2) is 0 Å². The van der Waals surface area contributed by atoms with Crippen LogP contribution in [0.25, 0.3) is 6.08 Å². The molecule has 0 spiro atoms. The van der Waals surface area contributed by atoms with Gasteiger partial charge in [-0.2, -0.15) is 0 Å². The maximum Gasteiger partial charge on any atom is 0.245 e. The van der Waals surface area contributed by atoms with Gasteiger partial charge in [0.2, 0.25) is 9.84 Å². The van der Waals surface area contributed by atoms with Crippen molar-refractivity contribution in [1.82, 2.24) is 0 Å². The van der Waals surface area contributed by atoms with Crippen LogP contribution < -0.4 is 0 Å². The van der Waals surface area contributed by atoms with E-state index in [9.17, 15) is 8.42 Å². The average molecular weight is 345 g/mol. The van der Waals surface area contributed by atoms with Crippen LogP contribution in [0.2, 0.25) is 5.02 Å². The number of hydrogen-bond acceptors (Lipinski definition) is 2. The molecule has 0 amide bonds. The Hall–Kier alpha value is -2.02. The van der Waals surface area contributed by atoms with Crippen molar-refractivity contribution in [3.63, 3.8) is 0 Å². The molecule has 0 saturated carbocycles. The monoisotopic (exact) mass is 344 g/mol. The highest BCUT2D eigenvalue weighted by atomic mass is 35.5. The molecule has 0 atom stereocenters. The quantitative estimate of drug-likeness (QED) is 0.436. The van der Waals surface area contributed by atoms with E-state index in [1.807, 2.05) is 30.3 Å². The molecular weight excluding hydrogens is 328 g/mol. The molecule has 0 aliphatic carbocycles. The highest BCUT2D eigenvalue weighted by Crippen LogP contribution is 2.11.